The van der Waals surface area contributed by atoms with E-state index in [1.807, 2.05) is 31.2 Å². The first-order valence-electron chi connectivity index (χ1n) is 6.95. The Morgan fingerprint density at radius 3 is 2.63 bits per heavy atom. The Hall–Kier alpha value is -1.55. The minimum Gasteiger partial charge on any atom is -0.444 e. The maximum atomic E-state index is 11.8. The fraction of sp³-hybridized carbons (Fsp3) is 0.533. The Kier molecular flexibility index (Phi) is 4.80. The Bertz CT molecular complexity index is 417. The number of rotatable bonds is 2. The zero-order valence-electron chi connectivity index (χ0n) is 11.4. The number of hydrogen-bond acceptors (Lipinski definition) is 3. The maximum absolute atomic E-state index is 11.8. The summed E-state index contributed by atoms with van der Waals surface area (Å²) in [6, 6.07) is 7.60. The molecule has 0 heterocycles. The molecule has 19 heavy (non-hydrogen) atoms. The second-order valence-electron chi connectivity index (χ2n) is 5.24. The molecule has 1 amide bonds. The van der Waals surface area contributed by atoms with Crippen LogP contribution in [0.4, 0.5) is 10.5 Å². The first kappa shape index (κ1) is 13.9. The number of carbonyl (C=O) groups is 1. The lowest BCUT2D eigenvalue weighted by atomic mass is 10.1. The molecule has 1 aromatic carbocycles. The molecule has 3 N–H and O–H groups in total. The van der Waals surface area contributed by atoms with Crippen molar-refractivity contribution in [2.24, 2.45) is 5.73 Å². The number of anilines is 1. The Balaban J connectivity index is 1.87. The van der Waals surface area contributed by atoms with Crippen LogP contribution in [0.2, 0.25) is 0 Å². The van der Waals surface area contributed by atoms with Crippen LogP contribution in [0.15, 0.2) is 24.3 Å². The Morgan fingerprint density at radius 2 is 1.89 bits per heavy atom. The number of nitrogens with one attached hydrogen (secondary N) is 1. The maximum Gasteiger partial charge on any atom is 0.411 e. The third-order valence-corrected chi connectivity index (χ3v) is 3.56. The van der Waals surface area contributed by atoms with E-state index in [0.29, 0.717) is 0 Å². The zero-order chi connectivity index (χ0) is 13.7. The van der Waals surface area contributed by atoms with Gasteiger partial charge < -0.3 is 10.5 Å². The quantitative estimate of drug-likeness (QED) is 0.804. The SMILES string of the molecule is Cc1ccc(NC(=O)OC2CCCCCC2N)cc1. The summed E-state index contributed by atoms with van der Waals surface area (Å²) >= 11 is 0. The standard InChI is InChI=1S/C15H22N2O2/c1-11-7-9-12(10-8-11)17-15(18)19-14-6-4-2-3-5-13(14)16/h7-10,13-14H,2-6,16H2,1H3,(H,17,18). The second-order valence-corrected chi connectivity index (χ2v) is 5.24. The van der Waals surface area contributed by atoms with Crippen molar-refractivity contribution in [3.05, 3.63) is 29.8 Å². The van der Waals surface area contributed by atoms with Gasteiger partial charge in [0.1, 0.15) is 6.10 Å². The van der Waals surface area contributed by atoms with Crippen LogP contribution in [-0.4, -0.2) is 18.2 Å². The van der Waals surface area contributed by atoms with Crippen molar-refractivity contribution in [2.75, 3.05) is 5.32 Å². The van der Waals surface area contributed by atoms with Gasteiger partial charge in [0.2, 0.25) is 0 Å². The number of amides is 1. The molecule has 0 aromatic heterocycles. The molecule has 0 radical (unpaired) electrons. The number of ether oxygens (including phenoxy) is 1. The monoisotopic (exact) mass is 262 g/mol. The van der Waals surface area contributed by atoms with E-state index in [1.54, 1.807) is 0 Å². The molecule has 0 bridgehead atoms. The molecule has 1 aromatic rings. The molecule has 0 saturated heterocycles. The van der Waals surface area contributed by atoms with Crippen LogP contribution in [0.1, 0.15) is 37.7 Å². The van der Waals surface area contributed by atoms with E-state index < -0.39 is 6.09 Å². The van der Waals surface area contributed by atoms with Gasteiger partial charge >= 0.3 is 6.09 Å². The molecule has 4 nitrogen and oxygen atoms in total. The van der Waals surface area contributed by atoms with E-state index in [9.17, 15) is 4.79 Å². The van der Waals surface area contributed by atoms with Gasteiger partial charge in [-0.3, -0.25) is 5.32 Å². The summed E-state index contributed by atoms with van der Waals surface area (Å²) < 4.78 is 5.44. The van der Waals surface area contributed by atoms with E-state index in [2.05, 4.69) is 5.32 Å². The highest BCUT2D eigenvalue weighted by Gasteiger charge is 2.23. The van der Waals surface area contributed by atoms with Crippen LogP contribution in [0.5, 0.6) is 0 Å². The predicted octanol–water partition coefficient (Wildman–Crippen LogP) is 3.20. The van der Waals surface area contributed by atoms with Crippen molar-refractivity contribution in [3.63, 3.8) is 0 Å². The zero-order valence-corrected chi connectivity index (χ0v) is 11.4. The van der Waals surface area contributed by atoms with Gasteiger partial charge in [0.25, 0.3) is 0 Å². The molecule has 1 aliphatic carbocycles. The van der Waals surface area contributed by atoms with E-state index in [0.717, 1.165) is 36.9 Å². The summed E-state index contributed by atoms with van der Waals surface area (Å²) in [5.74, 6) is 0. The lowest BCUT2D eigenvalue weighted by Crippen LogP contribution is -2.38. The summed E-state index contributed by atoms with van der Waals surface area (Å²) in [5, 5.41) is 2.74. The van der Waals surface area contributed by atoms with Gasteiger partial charge in [0.05, 0.1) is 0 Å². The van der Waals surface area contributed by atoms with Gasteiger partial charge in [-0.1, -0.05) is 30.5 Å². The average molecular weight is 262 g/mol. The van der Waals surface area contributed by atoms with Crippen LogP contribution in [0, 0.1) is 6.92 Å². The molecule has 2 atom stereocenters. The number of benzene rings is 1. The van der Waals surface area contributed by atoms with Gasteiger partial charge in [0.15, 0.2) is 0 Å². The summed E-state index contributed by atoms with van der Waals surface area (Å²) in [4.78, 5) is 11.8. The Labute approximate surface area is 114 Å². The van der Waals surface area contributed by atoms with Crippen molar-refractivity contribution in [2.45, 2.75) is 51.2 Å². The summed E-state index contributed by atoms with van der Waals surface area (Å²) in [5.41, 5.74) is 7.94. The molecule has 1 aliphatic rings. The van der Waals surface area contributed by atoms with Crippen molar-refractivity contribution in [1.29, 1.82) is 0 Å². The summed E-state index contributed by atoms with van der Waals surface area (Å²) in [6.07, 6.45) is 4.61. The largest absolute Gasteiger partial charge is 0.444 e. The third kappa shape index (κ3) is 4.24. The van der Waals surface area contributed by atoms with E-state index in [1.165, 1.54) is 6.42 Å². The average Bonchev–Trinajstić information content (AvgIpc) is 2.58. The summed E-state index contributed by atoms with van der Waals surface area (Å²) in [6.45, 7) is 2.01. The highest BCUT2D eigenvalue weighted by atomic mass is 16.6. The van der Waals surface area contributed by atoms with Gasteiger partial charge in [-0.15, -0.1) is 0 Å². The lowest BCUT2D eigenvalue weighted by Gasteiger charge is -2.21. The van der Waals surface area contributed by atoms with Crippen LogP contribution in [0.25, 0.3) is 0 Å². The molecule has 1 saturated carbocycles. The molecule has 2 unspecified atom stereocenters. The normalized spacial score (nSPS) is 23.5. The fourth-order valence-corrected chi connectivity index (χ4v) is 2.37. The molecule has 0 aliphatic heterocycles. The van der Waals surface area contributed by atoms with Crippen LogP contribution >= 0.6 is 0 Å². The molecule has 104 valence electrons. The first-order chi connectivity index (χ1) is 9.15. The number of carbonyl (C=O) groups excluding carboxylic acids is 1. The second kappa shape index (κ2) is 6.57. The van der Waals surface area contributed by atoms with E-state index >= 15 is 0 Å². The van der Waals surface area contributed by atoms with Crippen molar-refractivity contribution in [1.82, 2.24) is 0 Å². The first-order valence-corrected chi connectivity index (χ1v) is 6.95. The highest BCUT2D eigenvalue weighted by molar-refractivity contribution is 5.84. The van der Waals surface area contributed by atoms with Crippen LogP contribution in [-0.2, 0) is 4.74 Å². The molecule has 4 heteroatoms. The lowest BCUT2D eigenvalue weighted by molar-refractivity contribution is 0.0899. The summed E-state index contributed by atoms with van der Waals surface area (Å²) in [7, 11) is 0. The van der Waals surface area contributed by atoms with Crippen molar-refractivity contribution < 1.29 is 9.53 Å². The minimum atomic E-state index is -0.411. The minimum absolute atomic E-state index is 0.0359. The fourth-order valence-electron chi connectivity index (χ4n) is 2.37. The van der Waals surface area contributed by atoms with Gasteiger partial charge in [-0.25, -0.2) is 4.79 Å². The van der Waals surface area contributed by atoms with Gasteiger partial charge in [-0.2, -0.15) is 0 Å². The van der Waals surface area contributed by atoms with Crippen LogP contribution in [0.3, 0.4) is 0 Å². The van der Waals surface area contributed by atoms with Crippen molar-refractivity contribution in [3.8, 4) is 0 Å². The van der Waals surface area contributed by atoms with Crippen LogP contribution < -0.4 is 11.1 Å². The number of nitrogens with two attached hydrogens (primary N) is 1. The molecule has 0 spiro atoms. The number of aryl methyl sites for hydroxylation is 1. The Morgan fingerprint density at radius 1 is 1.21 bits per heavy atom. The molecule has 2 rings (SSSR count). The van der Waals surface area contributed by atoms with E-state index in [4.69, 9.17) is 10.5 Å². The van der Waals surface area contributed by atoms with Gasteiger partial charge in [-0.05, 0) is 38.3 Å². The highest BCUT2D eigenvalue weighted by Crippen LogP contribution is 2.20. The van der Waals surface area contributed by atoms with Crippen molar-refractivity contribution >= 4 is 11.8 Å². The topological polar surface area (TPSA) is 64.3 Å². The molecule has 1 fully saturated rings. The molecular formula is C15H22N2O2. The van der Waals surface area contributed by atoms with E-state index in [-0.39, 0.29) is 12.1 Å². The number of hydrogen-bond donors (Lipinski definition) is 2. The smallest absolute Gasteiger partial charge is 0.411 e. The van der Waals surface area contributed by atoms with Gasteiger partial charge in [0, 0.05) is 11.7 Å². The third-order valence-electron chi connectivity index (χ3n) is 3.56. The predicted molar refractivity (Wildman–Crippen MR) is 76.1 cm³/mol. The molecular weight excluding hydrogens is 240 g/mol.